The summed E-state index contributed by atoms with van der Waals surface area (Å²) in [4.78, 5) is 20.6. The first kappa shape index (κ1) is 21.6. The van der Waals surface area contributed by atoms with Crippen molar-refractivity contribution >= 4 is 17.1 Å². The summed E-state index contributed by atoms with van der Waals surface area (Å²) in [5.41, 5.74) is 7.45. The quantitative estimate of drug-likeness (QED) is 0.434. The number of imidazole rings is 1. The number of benzene rings is 2. The molecule has 6 nitrogen and oxygen atoms in total. The van der Waals surface area contributed by atoms with Gasteiger partial charge in [0.1, 0.15) is 23.7 Å². The summed E-state index contributed by atoms with van der Waals surface area (Å²) >= 11 is 0. The largest absolute Gasteiger partial charge is 0.489 e. The van der Waals surface area contributed by atoms with Crippen molar-refractivity contribution in [3.8, 4) is 5.75 Å². The lowest BCUT2D eigenvalue weighted by molar-refractivity contribution is 0.0697. The van der Waals surface area contributed by atoms with E-state index in [0.717, 1.165) is 57.1 Å². The molecule has 0 saturated heterocycles. The molecular weight excluding hydrogens is 402 g/mol. The number of carboxylic acids is 1. The van der Waals surface area contributed by atoms with Crippen LogP contribution >= 0.6 is 0 Å². The van der Waals surface area contributed by atoms with E-state index < -0.39 is 5.97 Å². The highest BCUT2D eigenvalue weighted by atomic mass is 16.5. The van der Waals surface area contributed by atoms with Crippen LogP contribution in [0.4, 0.5) is 0 Å². The number of hydrogen-bond donors (Lipinski definition) is 1. The van der Waals surface area contributed by atoms with E-state index in [-0.39, 0.29) is 5.56 Å². The zero-order valence-corrected chi connectivity index (χ0v) is 18.8. The third-order valence-corrected chi connectivity index (χ3v) is 5.59. The molecule has 0 radical (unpaired) electrons. The molecule has 0 fully saturated rings. The topological polar surface area (TPSA) is 77.2 Å². The van der Waals surface area contributed by atoms with Gasteiger partial charge < -0.3 is 14.4 Å². The minimum atomic E-state index is -0.929. The molecular formula is C26H27N3O3. The van der Waals surface area contributed by atoms with Crippen molar-refractivity contribution < 1.29 is 14.6 Å². The van der Waals surface area contributed by atoms with Crippen LogP contribution in [0.3, 0.4) is 0 Å². The smallest absolute Gasteiger partial charge is 0.335 e. The summed E-state index contributed by atoms with van der Waals surface area (Å²) in [7, 11) is 0. The number of aryl methyl sites for hydroxylation is 4. The summed E-state index contributed by atoms with van der Waals surface area (Å²) in [5.74, 6) is 0.914. The minimum absolute atomic E-state index is 0.271. The molecule has 2 aromatic heterocycles. The van der Waals surface area contributed by atoms with Crippen molar-refractivity contribution in [1.82, 2.24) is 14.5 Å². The van der Waals surface area contributed by atoms with Crippen LogP contribution in [0.1, 0.15) is 51.1 Å². The molecule has 4 rings (SSSR count). The van der Waals surface area contributed by atoms with Gasteiger partial charge in [-0.3, -0.25) is 0 Å². The Labute approximate surface area is 187 Å². The van der Waals surface area contributed by atoms with Gasteiger partial charge in [0.05, 0.1) is 12.1 Å². The molecule has 4 aromatic rings. The highest BCUT2D eigenvalue weighted by Gasteiger charge is 2.14. The van der Waals surface area contributed by atoms with E-state index in [1.165, 1.54) is 0 Å². The second-order valence-corrected chi connectivity index (χ2v) is 8.11. The Morgan fingerprint density at radius 2 is 1.69 bits per heavy atom. The molecule has 2 aromatic carbocycles. The molecule has 0 atom stereocenters. The molecule has 0 amide bonds. The fourth-order valence-electron chi connectivity index (χ4n) is 3.94. The molecule has 0 saturated carbocycles. The predicted molar refractivity (Wildman–Crippen MR) is 124 cm³/mol. The predicted octanol–water partition coefficient (Wildman–Crippen LogP) is 5.24. The Kier molecular flexibility index (Phi) is 5.95. The maximum Gasteiger partial charge on any atom is 0.335 e. The lowest BCUT2D eigenvalue weighted by Crippen LogP contribution is -2.06. The normalized spacial score (nSPS) is 11.1. The highest BCUT2D eigenvalue weighted by Crippen LogP contribution is 2.24. The first-order valence-electron chi connectivity index (χ1n) is 10.7. The Bertz CT molecular complexity index is 1290. The Morgan fingerprint density at radius 3 is 2.34 bits per heavy atom. The molecule has 0 aliphatic heterocycles. The van der Waals surface area contributed by atoms with Crippen LogP contribution in [-0.2, 0) is 19.6 Å². The Balaban J connectivity index is 1.53. The number of pyridine rings is 1. The minimum Gasteiger partial charge on any atom is -0.489 e. The molecule has 0 bridgehead atoms. The highest BCUT2D eigenvalue weighted by molar-refractivity contribution is 5.87. The van der Waals surface area contributed by atoms with Gasteiger partial charge in [-0.25, -0.2) is 14.8 Å². The van der Waals surface area contributed by atoms with E-state index in [2.05, 4.69) is 36.6 Å². The number of aromatic carboxylic acids is 1. The third-order valence-electron chi connectivity index (χ3n) is 5.59. The number of hydrogen-bond acceptors (Lipinski definition) is 4. The zero-order chi connectivity index (χ0) is 22.8. The number of fused-ring (bicyclic) bond motifs is 1. The summed E-state index contributed by atoms with van der Waals surface area (Å²) in [6.45, 7) is 9.33. The lowest BCUT2D eigenvalue weighted by Gasteiger charge is -2.13. The van der Waals surface area contributed by atoms with Crippen LogP contribution in [0, 0.1) is 20.8 Å². The van der Waals surface area contributed by atoms with Gasteiger partial charge >= 0.3 is 5.97 Å². The van der Waals surface area contributed by atoms with E-state index in [1.54, 1.807) is 24.3 Å². The van der Waals surface area contributed by atoms with Gasteiger partial charge in [0.15, 0.2) is 5.65 Å². The second-order valence-electron chi connectivity index (χ2n) is 8.11. The van der Waals surface area contributed by atoms with Crippen molar-refractivity contribution in [3.63, 3.8) is 0 Å². The maximum absolute atomic E-state index is 11.0. The van der Waals surface area contributed by atoms with Crippen LogP contribution in [-0.4, -0.2) is 25.6 Å². The molecule has 32 heavy (non-hydrogen) atoms. The van der Waals surface area contributed by atoms with Crippen LogP contribution in [0.2, 0.25) is 0 Å². The number of nitrogens with zero attached hydrogens (tertiary/aromatic N) is 3. The van der Waals surface area contributed by atoms with E-state index in [4.69, 9.17) is 19.8 Å². The van der Waals surface area contributed by atoms with E-state index in [0.29, 0.717) is 13.2 Å². The standard InChI is InChI=1S/C26H27N3O3/c1-5-23-28-24-17(3)12-18(4)27-25(24)29(23)14-20-8-11-22(16(2)13-20)32-15-19-6-9-21(10-7-19)26(30)31/h6-13H,5,14-15H2,1-4H3,(H,30,31). The number of rotatable bonds is 7. The van der Waals surface area contributed by atoms with Gasteiger partial charge in [-0.1, -0.05) is 31.2 Å². The average molecular weight is 430 g/mol. The first-order chi connectivity index (χ1) is 15.4. The van der Waals surface area contributed by atoms with E-state index in [1.807, 2.05) is 19.9 Å². The Hall–Kier alpha value is -3.67. The van der Waals surface area contributed by atoms with Crippen molar-refractivity contribution in [2.24, 2.45) is 0 Å². The van der Waals surface area contributed by atoms with Crippen molar-refractivity contribution in [1.29, 1.82) is 0 Å². The van der Waals surface area contributed by atoms with Crippen LogP contribution in [0.5, 0.6) is 5.75 Å². The van der Waals surface area contributed by atoms with Gasteiger partial charge in [-0.05, 0) is 67.3 Å². The van der Waals surface area contributed by atoms with E-state index >= 15 is 0 Å². The maximum atomic E-state index is 11.0. The van der Waals surface area contributed by atoms with Crippen LogP contribution in [0.15, 0.2) is 48.5 Å². The molecule has 6 heteroatoms. The lowest BCUT2D eigenvalue weighted by atomic mass is 10.1. The number of carboxylic acid groups (broad SMARTS) is 1. The summed E-state index contributed by atoms with van der Waals surface area (Å²) in [6, 6.07) is 15.0. The van der Waals surface area contributed by atoms with Crippen molar-refractivity contribution in [3.05, 3.63) is 87.9 Å². The SMILES string of the molecule is CCc1nc2c(C)cc(C)nc2n1Cc1ccc(OCc2ccc(C(=O)O)cc2)c(C)c1. The number of carbonyl (C=O) groups is 1. The molecule has 164 valence electrons. The van der Waals surface area contributed by atoms with Crippen molar-refractivity contribution in [2.45, 2.75) is 47.3 Å². The fourth-order valence-corrected chi connectivity index (χ4v) is 3.94. The van der Waals surface area contributed by atoms with E-state index in [9.17, 15) is 4.79 Å². The summed E-state index contributed by atoms with van der Waals surface area (Å²) < 4.78 is 8.18. The van der Waals surface area contributed by atoms with Crippen LogP contribution in [0.25, 0.3) is 11.2 Å². The fraction of sp³-hybridized carbons (Fsp3) is 0.269. The van der Waals surface area contributed by atoms with Gasteiger partial charge in [-0.2, -0.15) is 0 Å². The van der Waals surface area contributed by atoms with Gasteiger partial charge in [-0.15, -0.1) is 0 Å². The molecule has 0 aliphatic carbocycles. The molecule has 0 spiro atoms. The van der Waals surface area contributed by atoms with Gasteiger partial charge in [0, 0.05) is 12.1 Å². The molecule has 2 heterocycles. The summed E-state index contributed by atoms with van der Waals surface area (Å²) in [5, 5.41) is 9.02. The average Bonchev–Trinajstić information content (AvgIpc) is 3.11. The number of aromatic nitrogens is 3. The van der Waals surface area contributed by atoms with Gasteiger partial charge in [0.2, 0.25) is 0 Å². The first-order valence-corrected chi connectivity index (χ1v) is 10.7. The molecule has 0 aliphatic rings. The molecule has 0 unspecified atom stereocenters. The zero-order valence-electron chi connectivity index (χ0n) is 18.8. The van der Waals surface area contributed by atoms with Crippen molar-refractivity contribution in [2.75, 3.05) is 0 Å². The number of ether oxygens (including phenoxy) is 1. The monoisotopic (exact) mass is 429 g/mol. The Morgan fingerprint density at radius 1 is 0.969 bits per heavy atom. The van der Waals surface area contributed by atoms with Gasteiger partial charge in [0.25, 0.3) is 0 Å². The second kappa shape index (κ2) is 8.83. The third kappa shape index (κ3) is 4.35. The molecule has 1 N–H and O–H groups in total. The summed E-state index contributed by atoms with van der Waals surface area (Å²) in [6.07, 6.45) is 0.843. The van der Waals surface area contributed by atoms with Crippen LogP contribution < -0.4 is 4.74 Å².